The van der Waals surface area contributed by atoms with Crippen LogP contribution in [0, 0.1) is 0 Å². The third kappa shape index (κ3) is 4.06. The summed E-state index contributed by atoms with van der Waals surface area (Å²) in [4.78, 5) is 37.8. The zero-order valence-corrected chi connectivity index (χ0v) is 16.0. The van der Waals surface area contributed by atoms with E-state index in [9.17, 15) is 14.4 Å². The van der Waals surface area contributed by atoms with Gasteiger partial charge in [0.15, 0.2) is 0 Å². The number of piperidine rings is 1. The van der Waals surface area contributed by atoms with Gasteiger partial charge < -0.3 is 9.64 Å². The number of imide groups is 1. The molecule has 0 spiro atoms. The van der Waals surface area contributed by atoms with E-state index in [1.807, 2.05) is 25.1 Å². The van der Waals surface area contributed by atoms with Gasteiger partial charge in [0.05, 0.1) is 6.54 Å². The minimum absolute atomic E-state index is 0.215. The van der Waals surface area contributed by atoms with Crippen molar-refractivity contribution in [2.45, 2.75) is 38.8 Å². The van der Waals surface area contributed by atoms with Gasteiger partial charge in [-0.1, -0.05) is 43.9 Å². The third-order valence-electron chi connectivity index (χ3n) is 4.96. The highest BCUT2D eigenvalue weighted by Crippen LogP contribution is 2.33. The molecule has 0 aromatic heterocycles. The van der Waals surface area contributed by atoms with Gasteiger partial charge in [0.1, 0.15) is 18.4 Å². The van der Waals surface area contributed by atoms with Crippen molar-refractivity contribution >= 4 is 17.7 Å². The Balaban J connectivity index is 1.71. The zero-order chi connectivity index (χ0) is 20.3. The van der Waals surface area contributed by atoms with Crippen LogP contribution in [-0.2, 0) is 16.1 Å². The minimum atomic E-state index is -0.636. The van der Waals surface area contributed by atoms with Crippen molar-refractivity contribution in [3.8, 4) is 5.75 Å². The Labute approximate surface area is 164 Å². The number of carbonyl (C=O) groups excluding carboxylic acids is 3. The smallest absolute Gasteiger partial charge is 0.255 e. The molecule has 3 rings (SSSR count). The highest BCUT2D eigenvalue weighted by atomic mass is 16.5. The molecule has 2 aliphatic heterocycles. The van der Waals surface area contributed by atoms with Crippen LogP contribution in [0.1, 0.15) is 42.1 Å². The van der Waals surface area contributed by atoms with Gasteiger partial charge >= 0.3 is 0 Å². The molecule has 146 valence electrons. The molecule has 1 N–H and O–H groups in total. The van der Waals surface area contributed by atoms with E-state index in [-0.39, 0.29) is 31.4 Å². The quantitative estimate of drug-likeness (QED) is 0.583. The van der Waals surface area contributed by atoms with Crippen LogP contribution in [0.25, 0.3) is 0 Å². The Morgan fingerprint density at radius 2 is 2.00 bits per heavy atom. The lowest BCUT2D eigenvalue weighted by molar-refractivity contribution is -0.136. The summed E-state index contributed by atoms with van der Waals surface area (Å²) in [5.41, 5.74) is 3.08. The molecule has 1 unspecified atom stereocenters. The van der Waals surface area contributed by atoms with E-state index in [4.69, 9.17) is 4.74 Å². The molecular weight excluding hydrogens is 356 g/mol. The lowest BCUT2D eigenvalue weighted by Gasteiger charge is -2.29. The molecule has 1 atom stereocenters. The van der Waals surface area contributed by atoms with Crippen LogP contribution in [0.4, 0.5) is 0 Å². The highest BCUT2D eigenvalue weighted by molar-refractivity contribution is 6.05. The number of hydrogen-bond donors (Lipinski definition) is 1. The maximum Gasteiger partial charge on any atom is 0.255 e. The molecule has 0 radical (unpaired) electrons. The summed E-state index contributed by atoms with van der Waals surface area (Å²) in [6.07, 6.45) is 5.22. The average Bonchev–Trinajstić information content (AvgIpc) is 3.01. The molecule has 0 saturated carbocycles. The normalized spacial score (nSPS) is 19.0. The van der Waals surface area contributed by atoms with Gasteiger partial charge in [-0.15, -0.1) is 0 Å². The van der Waals surface area contributed by atoms with E-state index in [1.165, 1.54) is 4.90 Å². The Kier molecular flexibility index (Phi) is 5.78. The fraction of sp³-hybridized carbons (Fsp3) is 0.318. The van der Waals surface area contributed by atoms with Crippen LogP contribution >= 0.6 is 0 Å². The SMILES string of the molecule is C=C(/C=C\C(=C)COc1cccc2c1CN(C1CCC(=O)NC1=O)C2=O)CC. The molecule has 6 nitrogen and oxygen atoms in total. The maximum atomic E-state index is 12.8. The number of hydrogen-bond acceptors (Lipinski definition) is 4. The molecule has 2 heterocycles. The van der Waals surface area contributed by atoms with Crippen molar-refractivity contribution in [1.82, 2.24) is 10.2 Å². The summed E-state index contributed by atoms with van der Waals surface area (Å²) >= 11 is 0. The molecule has 1 aromatic carbocycles. The fourth-order valence-electron chi connectivity index (χ4n) is 3.26. The van der Waals surface area contributed by atoms with Gasteiger partial charge in [-0.25, -0.2) is 0 Å². The second-order valence-corrected chi connectivity index (χ2v) is 6.97. The predicted molar refractivity (Wildman–Crippen MR) is 106 cm³/mol. The molecule has 3 amide bonds. The number of ether oxygens (including phenoxy) is 1. The number of carbonyl (C=O) groups is 3. The first-order chi connectivity index (χ1) is 13.4. The van der Waals surface area contributed by atoms with Crippen LogP contribution in [0.3, 0.4) is 0 Å². The monoisotopic (exact) mass is 380 g/mol. The molecule has 6 heteroatoms. The van der Waals surface area contributed by atoms with Gasteiger partial charge in [-0.2, -0.15) is 0 Å². The summed E-state index contributed by atoms with van der Waals surface area (Å²) in [7, 11) is 0. The standard InChI is InChI=1S/C22H24N2O4/c1-4-14(2)8-9-15(3)13-28-19-7-5-6-16-17(19)12-24(22(16)27)18-10-11-20(25)23-21(18)26/h5-9,18H,2-4,10-13H2,1H3,(H,23,25,26)/b9-8-. The first-order valence-electron chi connectivity index (χ1n) is 9.33. The van der Waals surface area contributed by atoms with Crippen molar-refractivity contribution < 1.29 is 19.1 Å². The Hall–Kier alpha value is -3.15. The predicted octanol–water partition coefficient (Wildman–Crippen LogP) is 2.91. The van der Waals surface area contributed by atoms with Gasteiger partial charge in [0, 0.05) is 17.5 Å². The Bertz CT molecular complexity index is 885. The summed E-state index contributed by atoms with van der Waals surface area (Å²) in [6, 6.07) is 4.67. The Morgan fingerprint density at radius 3 is 2.71 bits per heavy atom. The van der Waals surface area contributed by atoms with Crippen molar-refractivity contribution in [3.63, 3.8) is 0 Å². The number of allylic oxidation sites excluding steroid dienone is 2. The van der Waals surface area contributed by atoms with Gasteiger partial charge in [-0.05, 0) is 30.5 Å². The van der Waals surface area contributed by atoms with Crippen molar-refractivity contribution in [2.75, 3.05) is 6.61 Å². The molecule has 2 aliphatic rings. The second-order valence-electron chi connectivity index (χ2n) is 6.97. The zero-order valence-electron chi connectivity index (χ0n) is 16.0. The lowest BCUT2D eigenvalue weighted by atomic mass is 10.0. The summed E-state index contributed by atoms with van der Waals surface area (Å²) < 4.78 is 5.89. The number of nitrogens with zero attached hydrogens (tertiary/aromatic N) is 1. The average molecular weight is 380 g/mol. The Morgan fingerprint density at radius 1 is 1.25 bits per heavy atom. The van der Waals surface area contributed by atoms with Crippen LogP contribution < -0.4 is 10.1 Å². The van der Waals surface area contributed by atoms with Gasteiger partial charge in [-0.3, -0.25) is 19.7 Å². The molecule has 28 heavy (non-hydrogen) atoms. The summed E-state index contributed by atoms with van der Waals surface area (Å²) in [5.74, 6) is -0.335. The van der Waals surface area contributed by atoms with Crippen molar-refractivity contribution in [1.29, 1.82) is 0 Å². The van der Waals surface area contributed by atoms with Crippen molar-refractivity contribution in [3.05, 3.63) is 65.8 Å². The fourth-order valence-corrected chi connectivity index (χ4v) is 3.26. The summed E-state index contributed by atoms with van der Waals surface area (Å²) in [5, 5.41) is 2.31. The lowest BCUT2D eigenvalue weighted by Crippen LogP contribution is -2.52. The third-order valence-corrected chi connectivity index (χ3v) is 4.96. The van der Waals surface area contributed by atoms with Crippen LogP contribution in [0.2, 0.25) is 0 Å². The number of fused-ring (bicyclic) bond motifs is 1. The van der Waals surface area contributed by atoms with Gasteiger partial charge in [0.25, 0.3) is 5.91 Å². The van der Waals surface area contributed by atoms with E-state index >= 15 is 0 Å². The molecule has 0 aliphatic carbocycles. The van der Waals surface area contributed by atoms with E-state index in [0.29, 0.717) is 17.7 Å². The minimum Gasteiger partial charge on any atom is -0.489 e. The van der Waals surface area contributed by atoms with E-state index < -0.39 is 11.9 Å². The van der Waals surface area contributed by atoms with Crippen LogP contribution in [0.15, 0.2) is 54.7 Å². The number of rotatable bonds is 7. The number of amides is 3. The summed E-state index contributed by atoms with van der Waals surface area (Å²) in [6.45, 7) is 10.5. The molecular formula is C22H24N2O4. The number of nitrogens with one attached hydrogen (secondary N) is 1. The van der Waals surface area contributed by atoms with Gasteiger partial charge in [0.2, 0.25) is 11.8 Å². The second kappa shape index (κ2) is 8.25. The highest BCUT2D eigenvalue weighted by Gasteiger charge is 2.40. The molecule has 1 fully saturated rings. The number of benzene rings is 1. The first kappa shape index (κ1) is 19.6. The van der Waals surface area contributed by atoms with E-state index in [2.05, 4.69) is 18.5 Å². The van der Waals surface area contributed by atoms with Crippen LogP contribution in [0.5, 0.6) is 5.75 Å². The van der Waals surface area contributed by atoms with Crippen molar-refractivity contribution in [2.24, 2.45) is 0 Å². The topological polar surface area (TPSA) is 75.7 Å². The molecule has 1 saturated heterocycles. The molecule has 1 aromatic rings. The first-order valence-corrected chi connectivity index (χ1v) is 9.33. The largest absolute Gasteiger partial charge is 0.489 e. The van der Waals surface area contributed by atoms with E-state index in [0.717, 1.165) is 23.1 Å². The van der Waals surface area contributed by atoms with E-state index in [1.54, 1.807) is 12.1 Å². The maximum absolute atomic E-state index is 12.8. The van der Waals surface area contributed by atoms with Crippen LogP contribution in [-0.4, -0.2) is 35.3 Å². The molecule has 0 bridgehead atoms.